The molecule has 0 saturated heterocycles. The molecule has 1 rings (SSSR count). The molecule has 1 unspecified atom stereocenters. The van der Waals surface area contributed by atoms with Crippen LogP contribution in [0.3, 0.4) is 0 Å². The zero-order chi connectivity index (χ0) is 12.1. The lowest BCUT2D eigenvalue weighted by atomic mass is 10.1. The van der Waals surface area contributed by atoms with Crippen molar-refractivity contribution in [2.75, 3.05) is 13.2 Å². The van der Waals surface area contributed by atoms with E-state index in [1.807, 2.05) is 18.2 Å². The molecule has 0 bridgehead atoms. The van der Waals surface area contributed by atoms with Crippen molar-refractivity contribution >= 4 is 11.6 Å². The fourth-order valence-electron chi connectivity index (χ4n) is 1.97. The fourth-order valence-corrected chi connectivity index (χ4v) is 2.17. The summed E-state index contributed by atoms with van der Waals surface area (Å²) in [6, 6.07) is 8.57. The zero-order valence-electron chi connectivity index (χ0n) is 10.2. The van der Waals surface area contributed by atoms with Crippen LogP contribution in [0.4, 0.5) is 0 Å². The van der Waals surface area contributed by atoms with Crippen molar-refractivity contribution in [2.24, 2.45) is 0 Å². The predicted octanol–water partition coefficient (Wildman–Crippen LogP) is 3.10. The monoisotopic (exact) mass is 241 g/mol. The first-order valence-corrected chi connectivity index (χ1v) is 6.06. The van der Waals surface area contributed by atoms with Gasteiger partial charge in [0.05, 0.1) is 6.61 Å². The average molecular weight is 242 g/mol. The number of aliphatic hydroxyl groups is 1. The van der Waals surface area contributed by atoms with Crippen LogP contribution in [-0.4, -0.2) is 29.2 Å². The van der Waals surface area contributed by atoms with Gasteiger partial charge in [-0.15, -0.1) is 0 Å². The van der Waals surface area contributed by atoms with Gasteiger partial charge in [-0.25, -0.2) is 0 Å². The van der Waals surface area contributed by atoms with Crippen LogP contribution in [0, 0.1) is 0 Å². The molecule has 16 heavy (non-hydrogen) atoms. The maximum atomic E-state index is 9.07. The molecule has 0 radical (unpaired) electrons. The molecule has 0 aromatic heterocycles. The number of rotatable bonds is 5. The second kappa shape index (κ2) is 6.24. The summed E-state index contributed by atoms with van der Waals surface area (Å²) in [7, 11) is 0. The molecule has 1 N–H and O–H groups in total. The van der Waals surface area contributed by atoms with Crippen molar-refractivity contribution in [3.63, 3.8) is 0 Å². The minimum absolute atomic E-state index is 0.184. The molecule has 1 atom stereocenters. The fraction of sp³-hybridized carbons (Fsp3) is 0.538. The third-order valence-electron chi connectivity index (χ3n) is 2.85. The van der Waals surface area contributed by atoms with E-state index in [4.69, 9.17) is 16.7 Å². The van der Waals surface area contributed by atoms with E-state index in [1.54, 1.807) is 0 Å². The minimum Gasteiger partial charge on any atom is -0.395 e. The Morgan fingerprint density at radius 1 is 1.31 bits per heavy atom. The lowest BCUT2D eigenvalue weighted by molar-refractivity contribution is 0.126. The molecule has 1 aromatic rings. The molecule has 90 valence electrons. The Labute approximate surface area is 103 Å². The molecule has 0 fully saturated rings. The normalized spacial score (nSPS) is 13.4. The predicted molar refractivity (Wildman–Crippen MR) is 68.8 cm³/mol. The molecule has 2 nitrogen and oxygen atoms in total. The van der Waals surface area contributed by atoms with Crippen LogP contribution in [0.15, 0.2) is 24.3 Å². The van der Waals surface area contributed by atoms with Gasteiger partial charge >= 0.3 is 0 Å². The summed E-state index contributed by atoms with van der Waals surface area (Å²) in [6.45, 7) is 7.28. The lowest BCUT2D eigenvalue weighted by Gasteiger charge is -2.32. The SMILES string of the molecule is CC(C)N(CCO)C(C)c1cccc(Cl)c1. The van der Waals surface area contributed by atoms with Crippen LogP contribution in [0.2, 0.25) is 5.02 Å². The van der Waals surface area contributed by atoms with Crippen molar-refractivity contribution in [1.82, 2.24) is 4.90 Å². The van der Waals surface area contributed by atoms with Crippen LogP contribution in [-0.2, 0) is 0 Å². The maximum Gasteiger partial charge on any atom is 0.0558 e. The Balaban J connectivity index is 2.85. The first kappa shape index (κ1) is 13.5. The molecule has 0 amide bonds. The zero-order valence-corrected chi connectivity index (χ0v) is 10.9. The highest BCUT2D eigenvalue weighted by atomic mass is 35.5. The molecular weight excluding hydrogens is 222 g/mol. The van der Waals surface area contributed by atoms with E-state index < -0.39 is 0 Å². The van der Waals surface area contributed by atoms with Gasteiger partial charge in [-0.05, 0) is 38.5 Å². The largest absolute Gasteiger partial charge is 0.395 e. The Kier molecular flexibility index (Phi) is 5.26. The van der Waals surface area contributed by atoms with Gasteiger partial charge in [0.1, 0.15) is 0 Å². The quantitative estimate of drug-likeness (QED) is 0.856. The third kappa shape index (κ3) is 3.48. The standard InChI is InChI=1S/C13H20ClNO/c1-10(2)15(7-8-16)11(3)12-5-4-6-13(14)9-12/h4-6,9-11,16H,7-8H2,1-3H3. The molecule has 0 spiro atoms. The van der Waals surface area contributed by atoms with Crippen LogP contribution in [0.1, 0.15) is 32.4 Å². The lowest BCUT2D eigenvalue weighted by Crippen LogP contribution is -2.35. The van der Waals surface area contributed by atoms with Crippen molar-refractivity contribution in [1.29, 1.82) is 0 Å². The van der Waals surface area contributed by atoms with Crippen LogP contribution in [0.5, 0.6) is 0 Å². The second-order valence-corrected chi connectivity index (χ2v) is 4.72. The van der Waals surface area contributed by atoms with E-state index in [1.165, 1.54) is 5.56 Å². The van der Waals surface area contributed by atoms with Gasteiger partial charge in [-0.1, -0.05) is 23.7 Å². The van der Waals surface area contributed by atoms with E-state index in [-0.39, 0.29) is 12.6 Å². The topological polar surface area (TPSA) is 23.5 Å². The third-order valence-corrected chi connectivity index (χ3v) is 3.09. The summed E-state index contributed by atoms with van der Waals surface area (Å²) >= 11 is 5.98. The smallest absolute Gasteiger partial charge is 0.0558 e. The number of nitrogens with zero attached hydrogens (tertiary/aromatic N) is 1. The van der Waals surface area contributed by atoms with Crippen molar-refractivity contribution in [2.45, 2.75) is 32.9 Å². The Bertz CT molecular complexity index is 327. The van der Waals surface area contributed by atoms with Crippen molar-refractivity contribution in [3.8, 4) is 0 Å². The Morgan fingerprint density at radius 2 is 2.00 bits per heavy atom. The van der Waals surface area contributed by atoms with E-state index in [0.717, 1.165) is 5.02 Å². The van der Waals surface area contributed by atoms with E-state index in [2.05, 4.69) is 31.7 Å². The number of benzene rings is 1. The Morgan fingerprint density at radius 3 is 2.50 bits per heavy atom. The molecular formula is C13H20ClNO. The first-order chi connectivity index (χ1) is 7.56. The number of aliphatic hydroxyl groups excluding tert-OH is 1. The highest BCUT2D eigenvalue weighted by Gasteiger charge is 2.18. The molecule has 0 saturated carbocycles. The molecule has 0 aliphatic carbocycles. The summed E-state index contributed by atoms with van der Waals surface area (Å²) in [4.78, 5) is 2.26. The van der Waals surface area contributed by atoms with Crippen LogP contribution < -0.4 is 0 Å². The average Bonchev–Trinajstić information content (AvgIpc) is 2.24. The maximum absolute atomic E-state index is 9.07. The molecule has 3 heteroatoms. The molecule has 1 aromatic carbocycles. The van der Waals surface area contributed by atoms with Gasteiger partial charge in [-0.2, -0.15) is 0 Å². The summed E-state index contributed by atoms with van der Waals surface area (Å²) in [6.07, 6.45) is 0. The van der Waals surface area contributed by atoms with Crippen LogP contribution in [0.25, 0.3) is 0 Å². The van der Waals surface area contributed by atoms with Gasteiger partial charge in [-0.3, -0.25) is 4.90 Å². The van der Waals surface area contributed by atoms with Gasteiger partial charge in [0, 0.05) is 23.7 Å². The van der Waals surface area contributed by atoms with Crippen molar-refractivity contribution < 1.29 is 5.11 Å². The van der Waals surface area contributed by atoms with E-state index in [0.29, 0.717) is 12.6 Å². The van der Waals surface area contributed by atoms with E-state index in [9.17, 15) is 0 Å². The summed E-state index contributed by atoms with van der Waals surface area (Å²) < 4.78 is 0. The van der Waals surface area contributed by atoms with E-state index >= 15 is 0 Å². The van der Waals surface area contributed by atoms with Crippen LogP contribution >= 0.6 is 11.6 Å². The summed E-state index contributed by atoms with van der Waals surface area (Å²) in [5, 5.41) is 9.83. The molecule has 0 heterocycles. The Hall–Kier alpha value is -0.570. The molecule has 0 aliphatic heterocycles. The highest BCUT2D eigenvalue weighted by Crippen LogP contribution is 2.24. The number of hydrogen-bond acceptors (Lipinski definition) is 2. The van der Waals surface area contributed by atoms with Crippen molar-refractivity contribution in [3.05, 3.63) is 34.9 Å². The van der Waals surface area contributed by atoms with Gasteiger partial charge in [0.25, 0.3) is 0 Å². The molecule has 0 aliphatic rings. The van der Waals surface area contributed by atoms with Gasteiger partial charge < -0.3 is 5.11 Å². The first-order valence-electron chi connectivity index (χ1n) is 5.68. The highest BCUT2D eigenvalue weighted by molar-refractivity contribution is 6.30. The summed E-state index contributed by atoms with van der Waals surface area (Å²) in [5.74, 6) is 0. The second-order valence-electron chi connectivity index (χ2n) is 4.29. The number of hydrogen-bond donors (Lipinski definition) is 1. The van der Waals surface area contributed by atoms with Gasteiger partial charge in [0.2, 0.25) is 0 Å². The van der Waals surface area contributed by atoms with Gasteiger partial charge in [0.15, 0.2) is 0 Å². The minimum atomic E-state index is 0.184. The number of halogens is 1. The summed E-state index contributed by atoms with van der Waals surface area (Å²) in [5.41, 5.74) is 1.19.